The molecule has 8 nitrogen and oxygen atoms in total. The maximum Gasteiger partial charge on any atom is 0.415 e. The molecule has 2 fully saturated rings. The molecule has 168 valence electrons. The summed E-state index contributed by atoms with van der Waals surface area (Å²) in [5, 5.41) is 0. The van der Waals surface area contributed by atoms with E-state index < -0.39 is 12.1 Å². The van der Waals surface area contributed by atoms with Crippen LogP contribution in [-0.2, 0) is 15.9 Å². The minimum Gasteiger partial charge on any atom is -0.465 e. The van der Waals surface area contributed by atoms with Crippen molar-refractivity contribution in [2.24, 2.45) is 0 Å². The van der Waals surface area contributed by atoms with E-state index in [1.165, 1.54) is 12.7 Å². The van der Waals surface area contributed by atoms with Crippen LogP contribution in [0.15, 0.2) is 54.6 Å². The Morgan fingerprint density at radius 2 is 1.72 bits per heavy atom. The van der Waals surface area contributed by atoms with E-state index in [0.717, 1.165) is 6.42 Å². The molecule has 32 heavy (non-hydrogen) atoms. The number of benzene rings is 2. The monoisotopic (exact) mass is 438 g/mol. The van der Waals surface area contributed by atoms with E-state index in [1.54, 1.807) is 29.2 Å². The van der Waals surface area contributed by atoms with E-state index in [1.807, 2.05) is 23.1 Å². The average molecular weight is 438 g/mol. The maximum atomic E-state index is 12.5. The number of carbonyl (C=O) groups excluding carboxylic acids is 3. The van der Waals surface area contributed by atoms with E-state index in [2.05, 4.69) is 16.9 Å². The number of methoxy groups -OCH3 is 1. The van der Waals surface area contributed by atoms with Crippen molar-refractivity contribution in [3.8, 4) is 5.75 Å². The fourth-order valence-electron chi connectivity index (χ4n) is 4.23. The number of nitrogens with zero attached hydrogens (tertiary/aromatic N) is 2. The molecule has 2 amide bonds. The summed E-state index contributed by atoms with van der Waals surface area (Å²) in [4.78, 5) is 39.9. The third-order valence-electron chi connectivity index (χ3n) is 5.91. The van der Waals surface area contributed by atoms with Gasteiger partial charge in [-0.2, -0.15) is 0 Å². The molecule has 2 heterocycles. The molecule has 0 bridgehead atoms. The van der Waals surface area contributed by atoms with Crippen LogP contribution in [-0.4, -0.2) is 66.8 Å². The minimum atomic E-state index is -0.448. The van der Waals surface area contributed by atoms with Crippen molar-refractivity contribution in [2.75, 3.05) is 26.8 Å². The van der Waals surface area contributed by atoms with Gasteiger partial charge in [-0.1, -0.05) is 30.3 Å². The Bertz CT molecular complexity index is 954. The van der Waals surface area contributed by atoms with Gasteiger partial charge in [0.15, 0.2) is 0 Å². The van der Waals surface area contributed by atoms with Crippen molar-refractivity contribution in [3.63, 3.8) is 0 Å². The van der Waals surface area contributed by atoms with Gasteiger partial charge >= 0.3 is 18.2 Å². The van der Waals surface area contributed by atoms with E-state index in [9.17, 15) is 14.4 Å². The van der Waals surface area contributed by atoms with E-state index >= 15 is 0 Å². The van der Waals surface area contributed by atoms with Crippen LogP contribution in [0.5, 0.6) is 5.75 Å². The van der Waals surface area contributed by atoms with Crippen molar-refractivity contribution < 1.29 is 28.6 Å². The molecule has 0 saturated carbocycles. The Morgan fingerprint density at radius 3 is 2.38 bits per heavy atom. The van der Waals surface area contributed by atoms with Crippen LogP contribution in [0.2, 0.25) is 0 Å². The average Bonchev–Trinajstić information content (AvgIpc) is 3.19. The normalized spacial score (nSPS) is 18.9. The zero-order valence-electron chi connectivity index (χ0n) is 17.9. The van der Waals surface area contributed by atoms with Gasteiger partial charge in [0, 0.05) is 19.1 Å². The number of likely N-dealkylation sites (tertiary alicyclic amines) is 1. The SMILES string of the molecule is COC(=O)c1ccc(OC(=O)N2CCC(N3C(=O)OC[C@@H]3Cc3ccccc3)CC2)cc1. The number of carbonyl (C=O) groups is 3. The summed E-state index contributed by atoms with van der Waals surface area (Å²) in [6.45, 7) is 1.37. The van der Waals surface area contributed by atoms with Crippen molar-refractivity contribution >= 4 is 18.2 Å². The Labute approximate surface area is 186 Å². The van der Waals surface area contributed by atoms with Gasteiger partial charge in [-0.05, 0) is 49.1 Å². The standard InChI is InChI=1S/C24H26N2O6/c1-30-22(27)18-7-9-21(10-8-18)32-23(28)25-13-11-19(12-14-25)26-20(16-31-24(26)29)15-17-5-3-2-4-6-17/h2-10,19-20H,11-16H2,1H3/t20-/m0/s1. The van der Waals surface area contributed by atoms with Gasteiger partial charge in [0.25, 0.3) is 0 Å². The first kappa shape index (κ1) is 21.7. The predicted octanol–water partition coefficient (Wildman–Crippen LogP) is 3.50. The lowest BCUT2D eigenvalue weighted by Gasteiger charge is -2.37. The molecule has 0 aliphatic carbocycles. The predicted molar refractivity (Wildman–Crippen MR) is 116 cm³/mol. The molecule has 0 unspecified atom stereocenters. The molecule has 2 aliphatic rings. The lowest BCUT2D eigenvalue weighted by atomic mass is 9.99. The van der Waals surface area contributed by atoms with Crippen LogP contribution in [0.3, 0.4) is 0 Å². The number of ether oxygens (including phenoxy) is 3. The molecule has 0 spiro atoms. The number of hydrogen-bond acceptors (Lipinski definition) is 6. The number of hydrogen-bond donors (Lipinski definition) is 0. The van der Waals surface area contributed by atoms with Crippen LogP contribution < -0.4 is 4.74 Å². The molecule has 2 aromatic rings. The van der Waals surface area contributed by atoms with Gasteiger partial charge in [0.1, 0.15) is 12.4 Å². The highest BCUT2D eigenvalue weighted by atomic mass is 16.6. The maximum absolute atomic E-state index is 12.5. The van der Waals surface area contributed by atoms with Gasteiger partial charge < -0.3 is 19.1 Å². The fraction of sp³-hybridized carbons (Fsp3) is 0.375. The van der Waals surface area contributed by atoms with Gasteiger partial charge in [-0.15, -0.1) is 0 Å². The largest absolute Gasteiger partial charge is 0.465 e. The van der Waals surface area contributed by atoms with Crippen LogP contribution in [0.1, 0.15) is 28.8 Å². The smallest absolute Gasteiger partial charge is 0.415 e. The fourth-order valence-corrected chi connectivity index (χ4v) is 4.23. The minimum absolute atomic E-state index is 0.00160. The summed E-state index contributed by atoms with van der Waals surface area (Å²) in [5.41, 5.74) is 1.55. The summed E-state index contributed by atoms with van der Waals surface area (Å²) >= 11 is 0. The number of cyclic esters (lactones) is 1. The number of piperidine rings is 1. The zero-order chi connectivity index (χ0) is 22.5. The molecule has 0 aromatic heterocycles. The van der Waals surface area contributed by atoms with Gasteiger partial charge in [-0.25, -0.2) is 14.4 Å². The Morgan fingerprint density at radius 1 is 1.03 bits per heavy atom. The molecule has 0 N–H and O–H groups in total. The highest BCUT2D eigenvalue weighted by Crippen LogP contribution is 2.26. The van der Waals surface area contributed by atoms with Crippen molar-refractivity contribution in [1.82, 2.24) is 9.80 Å². The molecule has 2 aliphatic heterocycles. The molecule has 2 saturated heterocycles. The second kappa shape index (κ2) is 9.72. The third-order valence-corrected chi connectivity index (χ3v) is 5.91. The third kappa shape index (κ3) is 4.85. The van der Waals surface area contributed by atoms with Crippen LogP contribution in [0.25, 0.3) is 0 Å². The molecule has 2 aromatic carbocycles. The Balaban J connectivity index is 1.31. The number of amides is 2. The number of esters is 1. The first-order valence-electron chi connectivity index (χ1n) is 10.7. The highest BCUT2D eigenvalue weighted by molar-refractivity contribution is 5.89. The van der Waals surface area contributed by atoms with Crippen molar-refractivity contribution in [2.45, 2.75) is 31.3 Å². The van der Waals surface area contributed by atoms with Crippen LogP contribution in [0, 0.1) is 0 Å². The molecule has 8 heteroatoms. The summed E-state index contributed by atoms with van der Waals surface area (Å²) in [6, 6.07) is 16.3. The van der Waals surface area contributed by atoms with Gasteiger partial charge in [0.05, 0.1) is 18.7 Å². The summed E-state index contributed by atoms with van der Waals surface area (Å²) < 4.78 is 15.4. The second-order valence-electron chi connectivity index (χ2n) is 7.93. The van der Waals surface area contributed by atoms with Gasteiger partial charge in [0.2, 0.25) is 0 Å². The first-order valence-corrected chi connectivity index (χ1v) is 10.7. The van der Waals surface area contributed by atoms with Crippen molar-refractivity contribution in [3.05, 3.63) is 65.7 Å². The van der Waals surface area contributed by atoms with Crippen LogP contribution >= 0.6 is 0 Å². The topological polar surface area (TPSA) is 85.4 Å². The molecular weight excluding hydrogens is 412 g/mol. The van der Waals surface area contributed by atoms with E-state index in [-0.39, 0.29) is 18.2 Å². The lowest BCUT2D eigenvalue weighted by Crippen LogP contribution is -2.50. The lowest BCUT2D eigenvalue weighted by molar-refractivity contribution is 0.0600. The summed E-state index contributed by atoms with van der Waals surface area (Å²) in [6.07, 6.45) is 1.35. The molecule has 4 rings (SSSR count). The molecule has 1 atom stereocenters. The second-order valence-corrected chi connectivity index (χ2v) is 7.93. The first-order chi connectivity index (χ1) is 15.5. The van der Waals surface area contributed by atoms with Gasteiger partial charge in [-0.3, -0.25) is 4.90 Å². The van der Waals surface area contributed by atoms with E-state index in [0.29, 0.717) is 43.9 Å². The molecule has 0 radical (unpaired) electrons. The Kier molecular flexibility index (Phi) is 6.58. The van der Waals surface area contributed by atoms with Crippen LogP contribution in [0.4, 0.5) is 9.59 Å². The van der Waals surface area contributed by atoms with Crippen molar-refractivity contribution in [1.29, 1.82) is 0 Å². The quantitative estimate of drug-likeness (QED) is 0.665. The summed E-state index contributed by atoms with van der Waals surface area (Å²) in [7, 11) is 1.31. The zero-order valence-corrected chi connectivity index (χ0v) is 17.9. The molecular formula is C24H26N2O6. The van der Waals surface area contributed by atoms with E-state index in [4.69, 9.17) is 9.47 Å². The Hall–Kier alpha value is -3.55. The highest BCUT2D eigenvalue weighted by Gasteiger charge is 2.40. The summed E-state index contributed by atoms with van der Waals surface area (Å²) in [5.74, 6) is -0.0909. The number of rotatable bonds is 5.